The standard InChI is InChI=1S/C36H36N4OS/c1-22-10-14-29(15-11-22)41-30-16-12-28(13-17-30)40-35(33(38-36(40)42)32-9-7-8-18-37-32)31-21-26(5)39(27(31)6)34-24(3)19-23(2)20-25(34)4/h7-21,33,35H,1-6H3,(H,38,42). The highest BCUT2D eigenvalue weighted by atomic mass is 32.1. The number of rotatable bonds is 6. The van der Waals surface area contributed by atoms with Crippen LogP contribution in [0.4, 0.5) is 5.69 Å². The van der Waals surface area contributed by atoms with Gasteiger partial charge < -0.3 is 19.5 Å². The lowest BCUT2D eigenvalue weighted by Gasteiger charge is -2.28. The monoisotopic (exact) mass is 572 g/mol. The van der Waals surface area contributed by atoms with Crippen molar-refractivity contribution in [3.63, 3.8) is 0 Å². The van der Waals surface area contributed by atoms with Crippen LogP contribution in [0.2, 0.25) is 0 Å². The van der Waals surface area contributed by atoms with Gasteiger partial charge >= 0.3 is 0 Å². The van der Waals surface area contributed by atoms with Crippen molar-refractivity contribution in [1.82, 2.24) is 14.9 Å². The van der Waals surface area contributed by atoms with E-state index >= 15 is 0 Å². The summed E-state index contributed by atoms with van der Waals surface area (Å²) < 4.78 is 8.51. The number of anilines is 1. The highest BCUT2D eigenvalue weighted by Crippen LogP contribution is 2.44. The van der Waals surface area contributed by atoms with E-state index in [2.05, 4.69) is 105 Å². The fourth-order valence-electron chi connectivity index (χ4n) is 6.32. The summed E-state index contributed by atoms with van der Waals surface area (Å²) in [4.78, 5) is 6.97. The van der Waals surface area contributed by atoms with Crippen molar-refractivity contribution >= 4 is 23.0 Å². The van der Waals surface area contributed by atoms with Crippen molar-refractivity contribution in [3.05, 3.63) is 136 Å². The largest absolute Gasteiger partial charge is 0.457 e. The van der Waals surface area contributed by atoms with Gasteiger partial charge in [-0.05, 0) is 125 Å². The second kappa shape index (κ2) is 11.1. The van der Waals surface area contributed by atoms with E-state index in [1.165, 1.54) is 44.9 Å². The topological polar surface area (TPSA) is 42.3 Å². The Morgan fingerprint density at radius 1 is 0.762 bits per heavy atom. The molecule has 1 saturated heterocycles. The number of benzene rings is 3. The maximum absolute atomic E-state index is 6.12. The van der Waals surface area contributed by atoms with Gasteiger partial charge in [-0.1, -0.05) is 41.5 Å². The van der Waals surface area contributed by atoms with Gasteiger partial charge in [-0.15, -0.1) is 0 Å². The maximum atomic E-state index is 6.12. The SMILES string of the molecule is Cc1ccc(Oc2ccc(N3C(=S)NC(c4ccccn4)C3c3cc(C)n(-c4c(C)cc(C)cc4C)c3C)cc2)cc1. The highest BCUT2D eigenvalue weighted by molar-refractivity contribution is 7.80. The number of ether oxygens (including phenoxy) is 1. The molecule has 5 nitrogen and oxygen atoms in total. The third-order valence-corrected chi connectivity index (χ3v) is 8.43. The molecule has 0 amide bonds. The van der Waals surface area contributed by atoms with E-state index in [1.54, 1.807) is 0 Å². The van der Waals surface area contributed by atoms with E-state index in [1.807, 2.05) is 42.6 Å². The van der Waals surface area contributed by atoms with Gasteiger partial charge in [0.1, 0.15) is 11.5 Å². The van der Waals surface area contributed by atoms with E-state index in [0.717, 1.165) is 22.9 Å². The van der Waals surface area contributed by atoms with Gasteiger partial charge in [0.2, 0.25) is 0 Å². The number of hydrogen-bond acceptors (Lipinski definition) is 3. The molecule has 1 aliphatic heterocycles. The van der Waals surface area contributed by atoms with E-state index < -0.39 is 0 Å². The lowest BCUT2D eigenvalue weighted by Crippen LogP contribution is -2.29. The number of aromatic nitrogens is 2. The minimum Gasteiger partial charge on any atom is -0.457 e. The first kappa shape index (κ1) is 27.7. The van der Waals surface area contributed by atoms with E-state index in [4.69, 9.17) is 21.9 Å². The minimum absolute atomic E-state index is 0.0951. The molecular weight excluding hydrogens is 536 g/mol. The molecule has 6 heteroatoms. The fourth-order valence-corrected chi connectivity index (χ4v) is 6.67. The van der Waals surface area contributed by atoms with Gasteiger partial charge in [-0.2, -0.15) is 0 Å². The summed E-state index contributed by atoms with van der Waals surface area (Å²) in [5.74, 6) is 1.59. The lowest BCUT2D eigenvalue weighted by molar-refractivity contribution is 0.482. The molecule has 2 unspecified atom stereocenters. The van der Waals surface area contributed by atoms with Gasteiger partial charge in [-0.3, -0.25) is 4.98 Å². The molecule has 2 aromatic heterocycles. The molecule has 3 heterocycles. The Morgan fingerprint density at radius 3 is 2.02 bits per heavy atom. The number of nitrogens with one attached hydrogen (secondary N) is 1. The molecule has 0 saturated carbocycles. The second-order valence-corrected chi connectivity index (χ2v) is 11.7. The van der Waals surface area contributed by atoms with Crippen molar-refractivity contribution in [1.29, 1.82) is 0 Å². The minimum atomic E-state index is -0.114. The first-order valence-corrected chi connectivity index (χ1v) is 14.7. The Morgan fingerprint density at radius 2 is 1.40 bits per heavy atom. The summed E-state index contributed by atoms with van der Waals surface area (Å²) in [7, 11) is 0. The van der Waals surface area contributed by atoms with Crippen LogP contribution < -0.4 is 15.0 Å². The van der Waals surface area contributed by atoms with Crippen LogP contribution in [0.25, 0.3) is 5.69 Å². The third-order valence-electron chi connectivity index (χ3n) is 8.12. The Labute approximate surface area is 253 Å². The molecule has 0 radical (unpaired) electrons. The van der Waals surface area contributed by atoms with Crippen LogP contribution in [0.15, 0.2) is 91.1 Å². The number of thiocarbonyl (C=S) groups is 1. The average molecular weight is 573 g/mol. The zero-order chi connectivity index (χ0) is 29.5. The van der Waals surface area contributed by atoms with E-state index in [0.29, 0.717) is 5.11 Å². The molecule has 6 rings (SSSR count). The summed E-state index contributed by atoms with van der Waals surface area (Å²) in [6.07, 6.45) is 1.85. The van der Waals surface area contributed by atoms with Crippen LogP contribution in [-0.4, -0.2) is 14.7 Å². The van der Waals surface area contributed by atoms with Crippen LogP contribution in [0.1, 0.15) is 57.0 Å². The molecule has 0 spiro atoms. The second-order valence-electron chi connectivity index (χ2n) is 11.3. The van der Waals surface area contributed by atoms with Gasteiger partial charge in [0, 0.05) is 23.3 Å². The lowest BCUT2D eigenvalue weighted by atomic mass is 9.96. The van der Waals surface area contributed by atoms with Crippen molar-refractivity contribution in [2.75, 3.05) is 4.90 Å². The van der Waals surface area contributed by atoms with E-state index in [9.17, 15) is 0 Å². The number of pyridine rings is 1. The van der Waals surface area contributed by atoms with Gasteiger partial charge in [-0.25, -0.2) is 0 Å². The predicted octanol–water partition coefficient (Wildman–Crippen LogP) is 8.69. The number of nitrogens with zero attached hydrogens (tertiary/aromatic N) is 3. The Hall–Kier alpha value is -4.42. The van der Waals surface area contributed by atoms with E-state index in [-0.39, 0.29) is 12.1 Å². The normalized spacial score (nSPS) is 16.5. The van der Waals surface area contributed by atoms with Gasteiger partial charge in [0.25, 0.3) is 0 Å². The van der Waals surface area contributed by atoms with Crippen molar-refractivity contribution in [2.24, 2.45) is 0 Å². The molecule has 212 valence electrons. The molecule has 42 heavy (non-hydrogen) atoms. The Kier molecular flexibility index (Phi) is 7.33. The smallest absolute Gasteiger partial charge is 0.174 e. The first-order valence-electron chi connectivity index (χ1n) is 14.3. The highest BCUT2D eigenvalue weighted by Gasteiger charge is 2.42. The molecular formula is C36H36N4OS. The van der Waals surface area contributed by atoms with Crippen LogP contribution >= 0.6 is 12.2 Å². The summed E-state index contributed by atoms with van der Waals surface area (Å²) >= 11 is 6.01. The van der Waals surface area contributed by atoms with Gasteiger partial charge in [0.15, 0.2) is 5.11 Å². The number of aryl methyl sites for hydroxylation is 5. The fraction of sp³-hybridized carbons (Fsp3) is 0.222. The number of hydrogen-bond donors (Lipinski definition) is 1. The first-order chi connectivity index (χ1) is 20.2. The van der Waals surface area contributed by atoms with Crippen LogP contribution in [0, 0.1) is 41.5 Å². The molecule has 5 aromatic rings. The molecule has 1 fully saturated rings. The summed E-state index contributed by atoms with van der Waals surface area (Å²) in [5, 5.41) is 4.28. The zero-order valence-corrected chi connectivity index (χ0v) is 25.8. The van der Waals surface area contributed by atoms with Crippen LogP contribution in [-0.2, 0) is 0 Å². The van der Waals surface area contributed by atoms with Crippen LogP contribution in [0.5, 0.6) is 11.5 Å². The Balaban J connectivity index is 1.43. The predicted molar refractivity (Wildman–Crippen MR) is 175 cm³/mol. The maximum Gasteiger partial charge on any atom is 0.174 e. The van der Waals surface area contributed by atoms with Crippen molar-refractivity contribution in [3.8, 4) is 17.2 Å². The Bertz CT molecular complexity index is 1730. The molecule has 1 N–H and O–H groups in total. The zero-order valence-electron chi connectivity index (χ0n) is 25.0. The van der Waals surface area contributed by atoms with Crippen molar-refractivity contribution in [2.45, 2.75) is 53.6 Å². The van der Waals surface area contributed by atoms with Gasteiger partial charge in [0.05, 0.1) is 23.5 Å². The van der Waals surface area contributed by atoms with Crippen LogP contribution in [0.3, 0.4) is 0 Å². The summed E-state index contributed by atoms with van der Waals surface area (Å²) in [5.41, 5.74) is 11.8. The third kappa shape index (κ3) is 5.07. The quantitative estimate of drug-likeness (QED) is 0.206. The average Bonchev–Trinajstić information content (AvgIpc) is 3.45. The molecule has 2 atom stereocenters. The molecule has 0 aliphatic carbocycles. The van der Waals surface area contributed by atoms with Crippen molar-refractivity contribution < 1.29 is 4.74 Å². The molecule has 0 bridgehead atoms. The summed E-state index contributed by atoms with van der Waals surface area (Å²) in [6, 6.07) is 28.9. The molecule has 1 aliphatic rings. The summed E-state index contributed by atoms with van der Waals surface area (Å²) in [6.45, 7) is 13.0. The molecule has 3 aromatic carbocycles.